The van der Waals surface area contributed by atoms with E-state index in [4.69, 9.17) is 8.83 Å². The number of hydrogen-bond acceptors (Lipinski definition) is 4. The highest BCUT2D eigenvalue weighted by molar-refractivity contribution is 5.96. The van der Waals surface area contributed by atoms with Crippen LogP contribution in [0.4, 0.5) is 0 Å². The number of carbonyl (C=O) groups excluding carboxylic acids is 1. The predicted molar refractivity (Wildman–Crippen MR) is 99.9 cm³/mol. The fourth-order valence-corrected chi connectivity index (χ4v) is 3.06. The number of nitrogens with one attached hydrogen (secondary N) is 1. The second-order valence-electron chi connectivity index (χ2n) is 6.82. The third kappa shape index (κ3) is 3.20. The Bertz CT molecular complexity index is 995. The van der Waals surface area contributed by atoms with Gasteiger partial charge in [-0.25, -0.2) is 4.98 Å². The Kier molecular flexibility index (Phi) is 4.21. The summed E-state index contributed by atoms with van der Waals surface area (Å²) >= 11 is 0. The van der Waals surface area contributed by atoms with Crippen molar-refractivity contribution in [1.82, 2.24) is 10.3 Å². The Balaban J connectivity index is 1.62. The van der Waals surface area contributed by atoms with Crippen LogP contribution < -0.4 is 5.32 Å². The quantitative estimate of drug-likeness (QED) is 0.545. The number of carbonyl (C=O) groups is 1. The van der Waals surface area contributed by atoms with Gasteiger partial charge in [-0.05, 0) is 36.6 Å². The van der Waals surface area contributed by atoms with Crippen LogP contribution >= 0.6 is 0 Å². The molecule has 0 spiro atoms. The molecule has 4 rings (SSSR count). The number of amides is 1. The van der Waals surface area contributed by atoms with E-state index in [9.17, 15) is 4.79 Å². The van der Waals surface area contributed by atoms with Crippen molar-refractivity contribution in [2.75, 3.05) is 0 Å². The molecule has 0 radical (unpaired) electrons. The van der Waals surface area contributed by atoms with Crippen LogP contribution in [0, 0.1) is 5.92 Å². The highest BCUT2D eigenvalue weighted by Gasteiger charge is 2.24. The average Bonchev–Trinajstić information content (AvgIpc) is 3.24. The lowest BCUT2D eigenvalue weighted by molar-refractivity contribution is 0.0899. The average molecular weight is 348 g/mol. The number of furan rings is 1. The second kappa shape index (κ2) is 6.67. The third-order valence-electron chi connectivity index (χ3n) is 4.27. The van der Waals surface area contributed by atoms with Crippen LogP contribution in [-0.4, -0.2) is 10.9 Å². The fourth-order valence-electron chi connectivity index (χ4n) is 3.06. The largest absolute Gasteiger partial charge is 0.451 e. The summed E-state index contributed by atoms with van der Waals surface area (Å²) in [6.45, 7) is 4.20. The molecular weight excluding hydrogens is 328 g/mol. The molecule has 0 aliphatic heterocycles. The van der Waals surface area contributed by atoms with Gasteiger partial charge in [0.25, 0.3) is 5.91 Å². The molecule has 1 N–H and O–H groups in total. The summed E-state index contributed by atoms with van der Waals surface area (Å²) < 4.78 is 11.5. The lowest BCUT2D eigenvalue weighted by Crippen LogP contribution is -2.29. The van der Waals surface area contributed by atoms with Crippen molar-refractivity contribution in [3.8, 4) is 0 Å². The summed E-state index contributed by atoms with van der Waals surface area (Å²) in [5, 5.41) is 3.92. The van der Waals surface area contributed by atoms with Crippen molar-refractivity contribution in [1.29, 1.82) is 0 Å². The van der Waals surface area contributed by atoms with E-state index in [1.807, 2.05) is 48.5 Å². The SMILES string of the molecule is CC(C)C[C@H](NC(=O)c1cc2ccccc2o1)c1nc2ccccc2o1. The van der Waals surface area contributed by atoms with Gasteiger partial charge in [-0.1, -0.05) is 44.2 Å². The van der Waals surface area contributed by atoms with Gasteiger partial charge in [-0.3, -0.25) is 4.79 Å². The topological polar surface area (TPSA) is 68.3 Å². The van der Waals surface area contributed by atoms with Crippen LogP contribution in [0.25, 0.3) is 22.1 Å². The van der Waals surface area contributed by atoms with E-state index in [1.54, 1.807) is 6.07 Å². The molecule has 1 atom stereocenters. The van der Waals surface area contributed by atoms with E-state index in [0.717, 1.165) is 17.3 Å². The van der Waals surface area contributed by atoms with E-state index in [2.05, 4.69) is 24.1 Å². The Morgan fingerprint density at radius 3 is 2.50 bits per heavy atom. The number of aromatic nitrogens is 1. The first-order valence-corrected chi connectivity index (χ1v) is 8.75. The van der Waals surface area contributed by atoms with E-state index in [0.29, 0.717) is 23.0 Å². The lowest BCUT2D eigenvalue weighted by Gasteiger charge is -2.16. The summed E-state index contributed by atoms with van der Waals surface area (Å²) in [5.74, 6) is 0.903. The van der Waals surface area contributed by atoms with Gasteiger partial charge < -0.3 is 14.2 Å². The molecule has 0 aliphatic carbocycles. The molecule has 1 amide bonds. The van der Waals surface area contributed by atoms with Gasteiger partial charge in [-0.15, -0.1) is 0 Å². The zero-order valence-electron chi connectivity index (χ0n) is 14.7. The van der Waals surface area contributed by atoms with Crippen LogP contribution in [-0.2, 0) is 0 Å². The number of oxazole rings is 1. The standard InChI is InChI=1S/C21H20N2O3/c1-13(2)11-16(21-23-15-8-4-6-10-18(15)26-21)22-20(24)19-12-14-7-3-5-9-17(14)25-19/h3-10,12-13,16H,11H2,1-2H3,(H,22,24)/t16-/m0/s1. The van der Waals surface area contributed by atoms with Crippen molar-refractivity contribution >= 4 is 28.0 Å². The summed E-state index contributed by atoms with van der Waals surface area (Å²) in [7, 11) is 0. The number of rotatable bonds is 5. The summed E-state index contributed by atoms with van der Waals surface area (Å²) in [5.41, 5.74) is 2.20. The number of fused-ring (bicyclic) bond motifs is 2. The number of para-hydroxylation sites is 3. The molecule has 0 saturated heterocycles. The van der Waals surface area contributed by atoms with Crippen LogP contribution in [0.15, 0.2) is 63.4 Å². The maximum Gasteiger partial charge on any atom is 0.287 e. The monoisotopic (exact) mass is 348 g/mol. The zero-order valence-corrected chi connectivity index (χ0v) is 14.7. The maximum atomic E-state index is 12.7. The molecule has 4 aromatic rings. The number of nitrogens with zero attached hydrogens (tertiary/aromatic N) is 1. The molecule has 5 nitrogen and oxygen atoms in total. The number of benzene rings is 2. The molecule has 0 saturated carbocycles. The molecule has 132 valence electrons. The Morgan fingerprint density at radius 2 is 1.77 bits per heavy atom. The minimum Gasteiger partial charge on any atom is -0.451 e. The van der Waals surface area contributed by atoms with Crippen molar-refractivity contribution in [2.45, 2.75) is 26.3 Å². The normalized spacial score (nSPS) is 12.7. The van der Waals surface area contributed by atoms with Gasteiger partial charge in [0.2, 0.25) is 5.89 Å². The van der Waals surface area contributed by atoms with Gasteiger partial charge in [0.15, 0.2) is 11.3 Å². The minimum atomic E-state index is -0.317. The summed E-state index contributed by atoms with van der Waals surface area (Å²) in [6, 6.07) is 16.6. The van der Waals surface area contributed by atoms with E-state index in [-0.39, 0.29) is 17.7 Å². The van der Waals surface area contributed by atoms with Crippen LogP contribution in [0.3, 0.4) is 0 Å². The highest BCUT2D eigenvalue weighted by atomic mass is 16.4. The third-order valence-corrected chi connectivity index (χ3v) is 4.27. The molecule has 0 unspecified atom stereocenters. The number of hydrogen-bond donors (Lipinski definition) is 1. The van der Waals surface area contributed by atoms with E-state index < -0.39 is 0 Å². The summed E-state index contributed by atoms with van der Waals surface area (Å²) in [4.78, 5) is 17.3. The fraction of sp³-hybridized carbons (Fsp3) is 0.238. The first kappa shape index (κ1) is 16.4. The Morgan fingerprint density at radius 1 is 1.04 bits per heavy atom. The molecule has 2 aromatic heterocycles. The van der Waals surface area contributed by atoms with Crippen LogP contribution in [0.2, 0.25) is 0 Å². The summed E-state index contributed by atoms with van der Waals surface area (Å²) in [6.07, 6.45) is 0.721. The Labute approximate surface area is 151 Å². The van der Waals surface area contributed by atoms with Gasteiger partial charge in [0, 0.05) is 5.39 Å². The molecule has 5 heteroatoms. The molecule has 2 heterocycles. The van der Waals surface area contributed by atoms with Crippen LogP contribution in [0.5, 0.6) is 0 Å². The molecule has 0 fully saturated rings. The van der Waals surface area contributed by atoms with E-state index >= 15 is 0 Å². The first-order valence-electron chi connectivity index (χ1n) is 8.75. The second-order valence-corrected chi connectivity index (χ2v) is 6.82. The van der Waals surface area contributed by atoms with Crippen molar-refractivity contribution < 1.29 is 13.6 Å². The van der Waals surface area contributed by atoms with Crippen molar-refractivity contribution in [3.63, 3.8) is 0 Å². The zero-order chi connectivity index (χ0) is 18.1. The first-order chi connectivity index (χ1) is 12.6. The van der Waals surface area contributed by atoms with Gasteiger partial charge in [-0.2, -0.15) is 0 Å². The van der Waals surface area contributed by atoms with Gasteiger partial charge >= 0.3 is 0 Å². The van der Waals surface area contributed by atoms with E-state index in [1.165, 1.54) is 0 Å². The highest BCUT2D eigenvalue weighted by Crippen LogP contribution is 2.26. The predicted octanol–water partition coefficient (Wildman–Crippen LogP) is 5.09. The molecular formula is C21H20N2O3. The van der Waals surface area contributed by atoms with Crippen molar-refractivity contribution in [3.05, 3.63) is 66.2 Å². The molecule has 0 aliphatic rings. The van der Waals surface area contributed by atoms with Crippen molar-refractivity contribution in [2.24, 2.45) is 5.92 Å². The van der Waals surface area contributed by atoms with Gasteiger partial charge in [0.1, 0.15) is 17.1 Å². The Hall–Kier alpha value is -3.08. The maximum absolute atomic E-state index is 12.7. The lowest BCUT2D eigenvalue weighted by atomic mass is 10.0. The smallest absolute Gasteiger partial charge is 0.287 e. The molecule has 0 bridgehead atoms. The molecule has 26 heavy (non-hydrogen) atoms. The van der Waals surface area contributed by atoms with Crippen LogP contribution in [0.1, 0.15) is 42.8 Å². The molecule has 2 aromatic carbocycles. The minimum absolute atomic E-state index is 0.269. The van der Waals surface area contributed by atoms with Gasteiger partial charge in [0.05, 0.1) is 0 Å².